The van der Waals surface area contributed by atoms with Crippen molar-refractivity contribution < 1.29 is 4.74 Å². The number of aromatic nitrogens is 1. The van der Waals surface area contributed by atoms with Gasteiger partial charge in [0.2, 0.25) is 0 Å². The molecule has 1 aliphatic rings. The minimum absolute atomic E-state index is 0.630. The molecule has 1 fully saturated rings. The fourth-order valence-electron chi connectivity index (χ4n) is 2.34. The van der Waals surface area contributed by atoms with Crippen LogP contribution in [0.2, 0.25) is 0 Å². The summed E-state index contributed by atoms with van der Waals surface area (Å²) in [4.78, 5) is 4.52. The van der Waals surface area contributed by atoms with E-state index < -0.39 is 0 Å². The Bertz CT molecular complexity index is 489. The number of hydrogen-bond donors (Lipinski definition) is 0. The summed E-state index contributed by atoms with van der Waals surface area (Å²) in [5.74, 6) is 0.630. The fourth-order valence-corrected chi connectivity index (χ4v) is 2.34. The van der Waals surface area contributed by atoms with E-state index in [9.17, 15) is 0 Å². The van der Waals surface area contributed by atoms with Crippen molar-refractivity contribution >= 4 is 10.9 Å². The lowest BCUT2D eigenvalue weighted by molar-refractivity contribution is 0.0853. The molecule has 82 valence electrons. The number of nitrogens with zero attached hydrogens (tertiary/aromatic N) is 1. The molecular formula is C14H15NO. The van der Waals surface area contributed by atoms with Crippen molar-refractivity contribution in [3.05, 3.63) is 42.1 Å². The minimum atomic E-state index is 0.630. The van der Waals surface area contributed by atoms with Gasteiger partial charge in [0.05, 0.1) is 5.52 Å². The highest BCUT2D eigenvalue weighted by Gasteiger charge is 2.16. The fraction of sp³-hybridized carbons (Fsp3) is 0.357. The van der Waals surface area contributed by atoms with Crippen LogP contribution in [-0.2, 0) is 4.74 Å². The molecule has 0 amide bonds. The first-order valence-corrected chi connectivity index (χ1v) is 5.86. The number of rotatable bonds is 1. The molecule has 16 heavy (non-hydrogen) atoms. The molecule has 1 saturated heterocycles. The van der Waals surface area contributed by atoms with Crippen LogP contribution in [0.1, 0.15) is 24.3 Å². The molecule has 3 rings (SSSR count). The van der Waals surface area contributed by atoms with Crippen molar-refractivity contribution in [2.24, 2.45) is 0 Å². The van der Waals surface area contributed by atoms with Crippen molar-refractivity contribution in [2.75, 3.05) is 13.2 Å². The monoisotopic (exact) mass is 213 g/mol. The lowest BCUT2D eigenvalue weighted by Gasteiger charge is -2.22. The topological polar surface area (TPSA) is 22.1 Å². The molecule has 1 aliphatic heterocycles. The van der Waals surface area contributed by atoms with Crippen LogP contribution < -0.4 is 0 Å². The molecule has 0 unspecified atom stereocenters. The van der Waals surface area contributed by atoms with Gasteiger partial charge in [0.15, 0.2) is 0 Å². The van der Waals surface area contributed by atoms with E-state index in [1.807, 2.05) is 12.3 Å². The van der Waals surface area contributed by atoms with Crippen molar-refractivity contribution in [1.82, 2.24) is 4.98 Å². The van der Waals surface area contributed by atoms with E-state index in [0.717, 1.165) is 31.6 Å². The van der Waals surface area contributed by atoms with Crippen LogP contribution in [0.4, 0.5) is 0 Å². The van der Waals surface area contributed by atoms with Crippen LogP contribution >= 0.6 is 0 Å². The second kappa shape index (κ2) is 4.22. The van der Waals surface area contributed by atoms with Gasteiger partial charge in [-0.1, -0.05) is 18.2 Å². The van der Waals surface area contributed by atoms with E-state index >= 15 is 0 Å². The zero-order valence-corrected chi connectivity index (χ0v) is 9.23. The van der Waals surface area contributed by atoms with Crippen LogP contribution in [0, 0.1) is 0 Å². The van der Waals surface area contributed by atoms with Crippen LogP contribution in [-0.4, -0.2) is 18.2 Å². The summed E-state index contributed by atoms with van der Waals surface area (Å²) >= 11 is 0. The molecule has 0 spiro atoms. The Labute approximate surface area is 95.3 Å². The van der Waals surface area contributed by atoms with Crippen molar-refractivity contribution in [3.63, 3.8) is 0 Å². The Morgan fingerprint density at radius 1 is 1.12 bits per heavy atom. The second-order valence-corrected chi connectivity index (χ2v) is 4.35. The molecular weight excluding hydrogens is 198 g/mol. The number of pyridine rings is 1. The molecule has 1 aromatic heterocycles. The first kappa shape index (κ1) is 9.79. The Hall–Kier alpha value is -1.41. The van der Waals surface area contributed by atoms with E-state index in [2.05, 4.69) is 29.2 Å². The third kappa shape index (κ3) is 1.81. The Kier molecular flexibility index (Phi) is 2.58. The van der Waals surface area contributed by atoms with Crippen LogP contribution in [0.25, 0.3) is 10.9 Å². The van der Waals surface area contributed by atoms with Gasteiger partial charge in [0, 0.05) is 24.8 Å². The lowest BCUT2D eigenvalue weighted by atomic mass is 9.92. The van der Waals surface area contributed by atoms with Gasteiger partial charge in [-0.2, -0.15) is 0 Å². The first-order chi connectivity index (χ1) is 7.93. The van der Waals surface area contributed by atoms with E-state index in [0.29, 0.717) is 5.92 Å². The van der Waals surface area contributed by atoms with Crippen LogP contribution in [0.5, 0.6) is 0 Å². The summed E-state index contributed by atoms with van der Waals surface area (Å²) in [6.07, 6.45) is 4.28. The Balaban J connectivity index is 1.97. The second-order valence-electron chi connectivity index (χ2n) is 4.35. The van der Waals surface area contributed by atoms with Crippen LogP contribution in [0.15, 0.2) is 36.5 Å². The summed E-state index contributed by atoms with van der Waals surface area (Å²) in [5, 5.41) is 1.24. The van der Waals surface area contributed by atoms with Crippen molar-refractivity contribution in [2.45, 2.75) is 18.8 Å². The van der Waals surface area contributed by atoms with Crippen LogP contribution in [0.3, 0.4) is 0 Å². The molecule has 0 aliphatic carbocycles. The average molecular weight is 213 g/mol. The summed E-state index contributed by atoms with van der Waals surface area (Å²) < 4.78 is 5.39. The zero-order chi connectivity index (χ0) is 10.8. The van der Waals surface area contributed by atoms with Gasteiger partial charge in [-0.25, -0.2) is 0 Å². The van der Waals surface area contributed by atoms with Gasteiger partial charge < -0.3 is 4.74 Å². The molecule has 2 aromatic rings. The predicted octanol–water partition coefficient (Wildman–Crippen LogP) is 3.13. The lowest BCUT2D eigenvalue weighted by Crippen LogP contribution is -2.14. The maximum atomic E-state index is 5.39. The number of benzene rings is 1. The highest BCUT2D eigenvalue weighted by molar-refractivity contribution is 5.78. The molecule has 1 aromatic carbocycles. The molecule has 2 nitrogen and oxygen atoms in total. The predicted molar refractivity (Wildman–Crippen MR) is 64.5 cm³/mol. The number of hydrogen-bond acceptors (Lipinski definition) is 2. The first-order valence-electron chi connectivity index (χ1n) is 5.86. The third-order valence-electron chi connectivity index (χ3n) is 3.30. The molecule has 0 N–H and O–H groups in total. The van der Waals surface area contributed by atoms with Gasteiger partial charge in [0.25, 0.3) is 0 Å². The number of ether oxygens (including phenoxy) is 1. The highest BCUT2D eigenvalue weighted by atomic mass is 16.5. The van der Waals surface area contributed by atoms with Gasteiger partial charge in [-0.15, -0.1) is 0 Å². The minimum Gasteiger partial charge on any atom is -0.381 e. The normalized spacial score (nSPS) is 17.8. The molecule has 2 heteroatoms. The van der Waals surface area contributed by atoms with Crippen molar-refractivity contribution in [3.8, 4) is 0 Å². The number of fused-ring (bicyclic) bond motifs is 1. The summed E-state index contributed by atoms with van der Waals surface area (Å²) in [6.45, 7) is 1.77. The quantitative estimate of drug-likeness (QED) is 0.726. The SMILES string of the molecule is c1ccc2ncc(C3CCOCC3)cc2c1. The highest BCUT2D eigenvalue weighted by Crippen LogP contribution is 2.27. The van der Waals surface area contributed by atoms with Crippen molar-refractivity contribution in [1.29, 1.82) is 0 Å². The van der Waals surface area contributed by atoms with Gasteiger partial charge in [-0.05, 0) is 36.5 Å². The molecule has 0 atom stereocenters. The molecule has 2 heterocycles. The Morgan fingerprint density at radius 2 is 1.94 bits per heavy atom. The maximum absolute atomic E-state index is 5.39. The average Bonchev–Trinajstić information content (AvgIpc) is 2.39. The molecule has 0 saturated carbocycles. The maximum Gasteiger partial charge on any atom is 0.0702 e. The van der Waals surface area contributed by atoms with E-state index in [1.165, 1.54) is 10.9 Å². The van der Waals surface area contributed by atoms with E-state index in [-0.39, 0.29) is 0 Å². The van der Waals surface area contributed by atoms with Gasteiger partial charge in [-0.3, -0.25) is 4.98 Å². The smallest absolute Gasteiger partial charge is 0.0702 e. The third-order valence-corrected chi connectivity index (χ3v) is 3.30. The van der Waals surface area contributed by atoms with E-state index in [1.54, 1.807) is 0 Å². The summed E-state index contributed by atoms with van der Waals surface area (Å²) in [7, 11) is 0. The summed E-state index contributed by atoms with van der Waals surface area (Å²) in [6, 6.07) is 10.6. The standard InChI is InChI=1S/C14H15NO/c1-2-4-14-12(3-1)9-13(10-15-14)11-5-7-16-8-6-11/h1-4,9-11H,5-8H2. The largest absolute Gasteiger partial charge is 0.381 e. The Morgan fingerprint density at radius 3 is 2.81 bits per heavy atom. The summed E-state index contributed by atoms with van der Waals surface area (Å²) in [5.41, 5.74) is 2.44. The van der Waals surface area contributed by atoms with Gasteiger partial charge in [0.1, 0.15) is 0 Å². The molecule has 0 radical (unpaired) electrons. The number of para-hydroxylation sites is 1. The zero-order valence-electron chi connectivity index (χ0n) is 9.23. The molecule has 0 bridgehead atoms. The van der Waals surface area contributed by atoms with Gasteiger partial charge >= 0.3 is 0 Å². The van der Waals surface area contributed by atoms with E-state index in [4.69, 9.17) is 4.74 Å².